The Balaban J connectivity index is 1.65. The van der Waals surface area contributed by atoms with Gasteiger partial charge in [-0.15, -0.1) is 0 Å². The number of benzene rings is 3. The highest BCUT2D eigenvalue weighted by Gasteiger charge is 2.40. The van der Waals surface area contributed by atoms with Crippen LogP contribution in [0.4, 0.5) is 10.1 Å². The van der Waals surface area contributed by atoms with Gasteiger partial charge in [-0.25, -0.2) is 4.39 Å². The fraction of sp³-hybridized carbons (Fsp3) is 0.179. The molecule has 0 aromatic heterocycles. The van der Waals surface area contributed by atoms with Gasteiger partial charge in [0.15, 0.2) is 5.11 Å². The zero-order valence-corrected chi connectivity index (χ0v) is 24.5. The third-order valence-electron chi connectivity index (χ3n) is 5.87. The minimum Gasteiger partial charge on any atom is -0.487 e. The molecule has 3 aromatic carbocycles. The first-order valence-corrected chi connectivity index (χ1v) is 13.6. The molecule has 0 aliphatic carbocycles. The van der Waals surface area contributed by atoms with E-state index in [4.69, 9.17) is 21.7 Å². The number of aryl methyl sites for hydroxylation is 1. The lowest BCUT2D eigenvalue weighted by atomic mass is 10.1. The molecule has 1 fully saturated rings. The number of nitrogens with zero attached hydrogens (tertiary/aromatic N) is 2. The Morgan fingerprint density at radius 1 is 1.03 bits per heavy atom. The van der Waals surface area contributed by atoms with Crippen molar-refractivity contribution in [1.82, 2.24) is 4.90 Å². The molecule has 0 bridgehead atoms. The van der Waals surface area contributed by atoms with E-state index in [2.05, 4.69) is 38.8 Å². The number of halogens is 3. The number of ether oxygens (including phenoxy) is 2. The van der Waals surface area contributed by atoms with Crippen molar-refractivity contribution in [1.29, 1.82) is 0 Å². The van der Waals surface area contributed by atoms with Gasteiger partial charge in [0, 0.05) is 0 Å². The molecule has 38 heavy (non-hydrogen) atoms. The largest absolute Gasteiger partial charge is 0.487 e. The molecule has 10 heteroatoms. The molecular formula is C28H23Br2FN2O4S. The minimum atomic E-state index is -0.527. The lowest BCUT2D eigenvalue weighted by Gasteiger charge is -2.19. The molecule has 6 nitrogen and oxygen atoms in total. The standard InChI is InChI=1S/C28H23Br2FN2O4S/c1-3-17-6-10-21(11-7-17)33-27(35)24(32(28(33)38)15-25(34)36-2)14-19-12-22(29)26(23(30)13-19)37-16-18-4-8-20(31)9-5-18/h4-14H,3,15-16H2,1-2H3/b24-14-. The van der Waals surface area contributed by atoms with E-state index >= 15 is 0 Å². The van der Waals surface area contributed by atoms with Crippen molar-refractivity contribution in [2.75, 3.05) is 18.6 Å². The molecule has 1 heterocycles. The summed E-state index contributed by atoms with van der Waals surface area (Å²) in [6.45, 7) is 2.08. The van der Waals surface area contributed by atoms with Gasteiger partial charge in [0.05, 0.1) is 21.7 Å². The van der Waals surface area contributed by atoms with Crippen LogP contribution in [0.5, 0.6) is 5.75 Å². The number of anilines is 1. The average molecular weight is 662 g/mol. The van der Waals surface area contributed by atoms with Gasteiger partial charge in [-0.1, -0.05) is 31.2 Å². The number of thiocarbonyl (C=S) groups is 1. The molecule has 196 valence electrons. The van der Waals surface area contributed by atoms with Crippen LogP contribution in [0.2, 0.25) is 0 Å². The van der Waals surface area contributed by atoms with Crippen molar-refractivity contribution in [3.63, 3.8) is 0 Å². The average Bonchev–Trinajstić information content (AvgIpc) is 3.13. The van der Waals surface area contributed by atoms with Crippen LogP contribution in [-0.4, -0.2) is 35.5 Å². The second kappa shape index (κ2) is 12.2. The zero-order chi connectivity index (χ0) is 27.4. The normalized spacial score (nSPS) is 14.4. The maximum atomic E-state index is 13.6. The van der Waals surface area contributed by atoms with Crippen molar-refractivity contribution in [3.8, 4) is 5.75 Å². The second-order valence-electron chi connectivity index (χ2n) is 8.36. The number of hydrogen-bond acceptors (Lipinski definition) is 5. The lowest BCUT2D eigenvalue weighted by molar-refractivity contribution is -0.140. The molecule has 1 aliphatic heterocycles. The molecule has 0 atom stereocenters. The van der Waals surface area contributed by atoms with Gasteiger partial charge in [0.2, 0.25) is 0 Å². The van der Waals surface area contributed by atoms with Crippen LogP contribution in [0, 0.1) is 5.82 Å². The lowest BCUT2D eigenvalue weighted by Crippen LogP contribution is -2.35. The molecule has 0 radical (unpaired) electrons. The number of carbonyl (C=O) groups is 2. The maximum absolute atomic E-state index is 13.6. The quantitative estimate of drug-likeness (QED) is 0.153. The van der Waals surface area contributed by atoms with Crippen molar-refractivity contribution in [3.05, 3.63) is 97.8 Å². The van der Waals surface area contributed by atoms with E-state index in [1.54, 1.807) is 30.3 Å². The Bertz CT molecular complexity index is 1390. The van der Waals surface area contributed by atoms with Crippen molar-refractivity contribution >= 4 is 72.8 Å². The van der Waals surface area contributed by atoms with Crippen LogP contribution in [0.1, 0.15) is 23.6 Å². The number of methoxy groups -OCH3 is 1. The third kappa shape index (κ3) is 6.14. The van der Waals surface area contributed by atoms with Gasteiger partial charge in [-0.05, 0) is 110 Å². The molecule has 1 saturated heterocycles. The SMILES string of the molecule is CCc1ccc(N2C(=O)/C(=C/c3cc(Br)c(OCc4ccc(F)cc4)c(Br)c3)N(CC(=O)OC)C2=S)cc1. The van der Waals surface area contributed by atoms with Crippen LogP contribution in [0.15, 0.2) is 75.3 Å². The number of carbonyl (C=O) groups excluding carboxylic acids is 2. The molecular weight excluding hydrogens is 639 g/mol. The monoisotopic (exact) mass is 660 g/mol. The molecule has 3 aromatic rings. The highest BCUT2D eigenvalue weighted by molar-refractivity contribution is 9.11. The Kier molecular flexibility index (Phi) is 8.96. The van der Waals surface area contributed by atoms with Gasteiger partial charge < -0.3 is 14.4 Å². The van der Waals surface area contributed by atoms with Crippen LogP contribution in [-0.2, 0) is 27.4 Å². The Labute approximate surface area is 242 Å². The number of hydrogen-bond donors (Lipinski definition) is 0. The Morgan fingerprint density at radius 2 is 1.63 bits per heavy atom. The summed E-state index contributed by atoms with van der Waals surface area (Å²) >= 11 is 12.7. The van der Waals surface area contributed by atoms with Crippen LogP contribution < -0.4 is 9.64 Å². The van der Waals surface area contributed by atoms with E-state index in [-0.39, 0.29) is 35.7 Å². The fourth-order valence-corrected chi connectivity index (χ4v) is 5.63. The minimum absolute atomic E-state index is 0.188. The van der Waals surface area contributed by atoms with E-state index in [1.165, 1.54) is 29.0 Å². The predicted molar refractivity (Wildman–Crippen MR) is 155 cm³/mol. The van der Waals surface area contributed by atoms with Gasteiger partial charge in [-0.3, -0.25) is 14.5 Å². The predicted octanol–water partition coefficient (Wildman–Crippen LogP) is 6.64. The number of esters is 1. The van der Waals surface area contributed by atoms with Gasteiger partial charge in [-0.2, -0.15) is 0 Å². The zero-order valence-electron chi connectivity index (χ0n) is 20.5. The highest BCUT2D eigenvalue weighted by Crippen LogP contribution is 2.37. The van der Waals surface area contributed by atoms with Crippen LogP contribution in [0.25, 0.3) is 6.08 Å². The van der Waals surface area contributed by atoms with Gasteiger partial charge in [0.1, 0.15) is 30.4 Å². The Morgan fingerprint density at radius 3 is 2.21 bits per heavy atom. The number of amides is 1. The van der Waals surface area contributed by atoms with Crippen molar-refractivity contribution in [2.24, 2.45) is 0 Å². The first-order chi connectivity index (χ1) is 18.2. The topological polar surface area (TPSA) is 59.1 Å². The molecule has 0 unspecified atom stereocenters. The fourth-order valence-electron chi connectivity index (χ4n) is 3.83. The summed E-state index contributed by atoms with van der Waals surface area (Å²) in [4.78, 5) is 28.6. The summed E-state index contributed by atoms with van der Waals surface area (Å²) in [6, 6.07) is 17.2. The van der Waals surface area contributed by atoms with Crippen molar-refractivity contribution in [2.45, 2.75) is 20.0 Å². The van der Waals surface area contributed by atoms with Gasteiger partial charge in [0.25, 0.3) is 5.91 Å². The molecule has 1 amide bonds. The van der Waals surface area contributed by atoms with E-state index in [1.807, 2.05) is 24.3 Å². The van der Waals surface area contributed by atoms with E-state index in [9.17, 15) is 14.0 Å². The molecule has 1 aliphatic rings. The maximum Gasteiger partial charge on any atom is 0.325 e. The molecule has 0 spiro atoms. The summed E-state index contributed by atoms with van der Waals surface area (Å²) in [5.41, 5.74) is 3.46. The third-order valence-corrected chi connectivity index (χ3v) is 7.45. The summed E-state index contributed by atoms with van der Waals surface area (Å²) in [6.07, 6.45) is 2.53. The summed E-state index contributed by atoms with van der Waals surface area (Å²) < 4.78 is 25.2. The summed E-state index contributed by atoms with van der Waals surface area (Å²) in [5, 5.41) is 0.188. The highest BCUT2D eigenvalue weighted by atomic mass is 79.9. The second-order valence-corrected chi connectivity index (χ2v) is 10.4. The summed E-state index contributed by atoms with van der Waals surface area (Å²) in [5.74, 6) is -0.644. The first-order valence-electron chi connectivity index (χ1n) is 11.6. The first kappa shape index (κ1) is 27.9. The van der Waals surface area contributed by atoms with Crippen molar-refractivity contribution < 1.29 is 23.5 Å². The molecule has 0 N–H and O–H groups in total. The van der Waals surface area contributed by atoms with E-state index in [0.717, 1.165) is 17.5 Å². The van der Waals surface area contributed by atoms with E-state index < -0.39 is 5.97 Å². The van der Waals surface area contributed by atoms with Crippen LogP contribution in [0.3, 0.4) is 0 Å². The molecule has 0 saturated carbocycles. The number of rotatable bonds is 8. The Hall–Kier alpha value is -3.08. The molecule has 4 rings (SSSR count). The summed E-state index contributed by atoms with van der Waals surface area (Å²) in [7, 11) is 1.28. The van der Waals surface area contributed by atoms with E-state index in [0.29, 0.717) is 25.9 Å². The van der Waals surface area contributed by atoms with Crippen LogP contribution >= 0.6 is 44.1 Å². The smallest absolute Gasteiger partial charge is 0.325 e. The van der Waals surface area contributed by atoms with Gasteiger partial charge >= 0.3 is 5.97 Å².